The molecule has 8 rings (SSSR count). The van der Waals surface area contributed by atoms with Crippen LogP contribution in [0.25, 0.3) is 33.4 Å². The highest BCUT2D eigenvalue weighted by Crippen LogP contribution is 2.63. The van der Waals surface area contributed by atoms with Crippen molar-refractivity contribution in [1.29, 1.82) is 0 Å². The molecule has 0 amide bonds. The first-order valence-corrected chi connectivity index (χ1v) is 14.4. The van der Waals surface area contributed by atoms with Crippen LogP contribution in [0.15, 0.2) is 146 Å². The van der Waals surface area contributed by atoms with Crippen molar-refractivity contribution in [3.63, 3.8) is 0 Å². The highest BCUT2D eigenvalue weighted by molar-refractivity contribution is 5.95. The van der Waals surface area contributed by atoms with E-state index in [1.165, 1.54) is 66.8 Å². The lowest BCUT2D eigenvalue weighted by molar-refractivity contribution is 0.788. The minimum Gasteiger partial charge on any atom is -0.0622 e. The molecule has 0 atom stereocenters. The van der Waals surface area contributed by atoms with Crippen molar-refractivity contribution < 1.29 is 0 Å². The van der Waals surface area contributed by atoms with Crippen molar-refractivity contribution in [1.82, 2.24) is 0 Å². The number of aryl methyl sites for hydroxylation is 2. The summed E-state index contributed by atoms with van der Waals surface area (Å²) in [7, 11) is 0. The van der Waals surface area contributed by atoms with Crippen LogP contribution < -0.4 is 0 Å². The van der Waals surface area contributed by atoms with Gasteiger partial charge in [-0.15, -0.1) is 0 Å². The third kappa shape index (κ3) is 3.32. The topological polar surface area (TPSA) is 0 Å². The average Bonchev–Trinajstić information content (AvgIpc) is 3.50. The van der Waals surface area contributed by atoms with Crippen LogP contribution in [-0.4, -0.2) is 0 Å². The maximum atomic E-state index is 2.39. The molecule has 0 heterocycles. The normalized spacial score (nSPS) is 13.5. The maximum absolute atomic E-state index is 2.39. The van der Waals surface area contributed by atoms with Gasteiger partial charge in [0.05, 0.1) is 5.41 Å². The first-order chi connectivity index (χ1) is 19.9. The summed E-state index contributed by atoms with van der Waals surface area (Å²) in [6, 6.07) is 54.0. The van der Waals surface area contributed by atoms with Crippen LogP contribution in [-0.2, 0) is 18.3 Å². The quantitative estimate of drug-likeness (QED) is 0.216. The molecule has 190 valence electrons. The molecule has 0 aromatic heterocycles. The maximum Gasteiger partial charge on any atom is 0.0725 e. The Morgan fingerprint density at radius 2 is 0.900 bits per heavy atom. The van der Waals surface area contributed by atoms with E-state index in [1.54, 1.807) is 0 Å². The van der Waals surface area contributed by atoms with Crippen molar-refractivity contribution in [3.05, 3.63) is 179 Å². The fourth-order valence-electron chi connectivity index (χ4n) is 7.41. The van der Waals surface area contributed by atoms with E-state index in [2.05, 4.69) is 146 Å². The van der Waals surface area contributed by atoms with Crippen molar-refractivity contribution in [2.45, 2.75) is 24.7 Å². The highest BCUT2D eigenvalue weighted by atomic mass is 14.5. The predicted molar refractivity (Wildman–Crippen MR) is 167 cm³/mol. The summed E-state index contributed by atoms with van der Waals surface area (Å²) < 4.78 is 0. The summed E-state index contributed by atoms with van der Waals surface area (Å²) in [4.78, 5) is 0. The van der Waals surface area contributed by atoms with Gasteiger partial charge in [0, 0.05) is 0 Å². The second-order valence-corrected chi connectivity index (χ2v) is 11.1. The zero-order valence-corrected chi connectivity index (χ0v) is 22.5. The fraction of sp³-hybridized carbons (Fsp3) is 0.100. The molecular weight excluding hydrogens is 480 g/mol. The van der Waals surface area contributed by atoms with Crippen LogP contribution in [0, 0.1) is 0 Å². The van der Waals surface area contributed by atoms with E-state index < -0.39 is 0 Å². The Kier molecular flexibility index (Phi) is 5.35. The minimum atomic E-state index is -0.248. The predicted octanol–water partition coefficient (Wildman–Crippen LogP) is 9.87. The summed E-state index contributed by atoms with van der Waals surface area (Å²) in [5.41, 5.74) is 16.4. The molecule has 0 unspecified atom stereocenters. The lowest BCUT2D eigenvalue weighted by atomic mass is 9.70. The lowest BCUT2D eigenvalue weighted by Crippen LogP contribution is -2.25. The number of hydrogen-bond acceptors (Lipinski definition) is 0. The molecule has 0 aliphatic heterocycles. The summed E-state index contributed by atoms with van der Waals surface area (Å²) in [6.45, 7) is 0. The van der Waals surface area contributed by atoms with Gasteiger partial charge in [0.15, 0.2) is 0 Å². The minimum absolute atomic E-state index is 0.248. The van der Waals surface area contributed by atoms with Crippen molar-refractivity contribution in [2.24, 2.45) is 0 Å². The third-order valence-corrected chi connectivity index (χ3v) is 9.08. The summed E-state index contributed by atoms with van der Waals surface area (Å²) in [5, 5.41) is 0. The van der Waals surface area contributed by atoms with Gasteiger partial charge in [0.25, 0.3) is 0 Å². The van der Waals surface area contributed by atoms with E-state index in [4.69, 9.17) is 0 Å². The summed E-state index contributed by atoms with van der Waals surface area (Å²) >= 11 is 0. The van der Waals surface area contributed by atoms with Crippen LogP contribution >= 0.6 is 0 Å². The molecule has 2 aliphatic rings. The molecule has 0 radical (unpaired) electrons. The summed E-state index contributed by atoms with van der Waals surface area (Å²) in [6.07, 6.45) is 3.28. The molecule has 6 aromatic carbocycles. The third-order valence-electron chi connectivity index (χ3n) is 9.08. The van der Waals surface area contributed by atoms with Crippen LogP contribution in [0.5, 0.6) is 0 Å². The average molecular weight is 511 g/mol. The van der Waals surface area contributed by atoms with Gasteiger partial charge in [0.1, 0.15) is 0 Å². The Morgan fingerprint density at radius 1 is 0.375 bits per heavy atom. The van der Waals surface area contributed by atoms with Crippen molar-refractivity contribution >= 4 is 0 Å². The largest absolute Gasteiger partial charge is 0.0725 e. The fourth-order valence-corrected chi connectivity index (χ4v) is 7.41. The Balaban J connectivity index is 1.17. The number of benzene rings is 6. The smallest absolute Gasteiger partial charge is 0.0622 e. The Morgan fingerprint density at radius 3 is 1.57 bits per heavy atom. The molecule has 1 spiro atoms. The molecule has 0 bridgehead atoms. The zero-order chi connectivity index (χ0) is 26.5. The molecule has 6 aromatic rings. The molecule has 0 fully saturated rings. The first-order valence-electron chi connectivity index (χ1n) is 14.4. The van der Waals surface area contributed by atoms with Gasteiger partial charge < -0.3 is 0 Å². The molecular formula is C40H30. The van der Waals surface area contributed by atoms with Gasteiger partial charge in [-0.3, -0.25) is 0 Å². The lowest BCUT2D eigenvalue weighted by Gasteiger charge is -2.30. The van der Waals surface area contributed by atoms with Gasteiger partial charge in [-0.2, -0.15) is 0 Å². The van der Waals surface area contributed by atoms with Gasteiger partial charge in [-0.25, -0.2) is 0 Å². The second kappa shape index (κ2) is 9.21. The van der Waals surface area contributed by atoms with E-state index in [0.717, 1.165) is 19.3 Å². The van der Waals surface area contributed by atoms with Crippen molar-refractivity contribution in [2.75, 3.05) is 0 Å². The molecule has 0 saturated heterocycles. The van der Waals surface area contributed by atoms with Crippen LogP contribution in [0.4, 0.5) is 0 Å². The van der Waals surface area contributed by atoms with E-state index in [0.29, 0.717) is 0 Å². The first kappa shape index (κ1) is 23.2. The molecule has 0 saturated carbocycles. The van der Waals surface area contributed by atoms with Crippen LogP contribution in [0.1, 0.15) is 39.8 Å². The number of fused-ring (bicyclic) bond motifs is 10. The zero-order valence-electron chi connectivity index (χ0n) is 22.5. The van der Waals surface area contributed by atoms with Gasteiger partial charge >= 0.3 is 0 Å². The molecule has 40 heavy (non-hydrogen) atoms. The Bertz CT molecular complexity index is 1810. The summed E-state index contributed by atoms with van der Waals surface area (Å²) in [5.74, 6) is 0. The van der Waals surface area contributed by atoms with E-state index in [9.17, 15) is 0 Å². The monoisotopic (exact) mass is 510 g/mol. The molecule has 0 heteroatoms. The van der Waals surface area contributed by atoms with Crippen LogP contribution in [0.3, 0.4) is 0 Å². The Labute approximate surface area is 236 Å². The highest BCUT2D eigenvalue weighted by Gasteiger charge is 2.51. The number of hydrogen-bond donors (Lipinski definition) is 0. The van der Waals surface area contributed by atoms with E-state index in [-0.39, 0.29) is 5.41 Å². The standard InChI is InChI=1S/C40H30/c1-2-13-29(14-3-1)30-26-24-28(25-27-30)12-10-15-31-16-11-23-38-39(31)34-19-6-9-22-37(34)40(38)35-20-7-4-17-32(35)33-18-5-8-21-36(33)40/h1-9,11,13-14,16-27H,10,12,15H2. The van der Waals surface area contributed by atoms with Gasteiger partial charge in [-0.1, -0.05) is 146 Å². The van der Waals surface area contributed by atoms with Gasteiger partial charge in [0.2, 0.25) is 0 Å². The van der Waals surface area contributed by atoms with Crippen molar-refractivity contribution in [3.8, 4) is 33.4 Å². The van der Waals surface area contributed by atoms with Gasteiger partial charge in [-0.05, 0) is 86.0 Å². The number of rotatable bonds is 5. The Hall–Kier alpha value is -4.68. The molecule has 0 nitrogen and oxygen atoms in total. The SMILES string of the molecule is c1ccc(-c2ccc(CCCc3cccc4c3-c3ccccc3C43c4ccccc4-c4ccccc43)cc2)cc1. The van der Waals surface area contributed by atoms with Crippen LogP contribution in [0.2, 0.25) is 0 Å². The molecule has 2 aliphatic carbocycles. The molecule has 0 N–H and O–H groups in total. The second-order valence-electron chi connectivity index (χ2n) is 11.1. The van der Waals surface area contributed by atoms with E-state index >= 15 is 0 Å². The van der Waals surface area contributed by atoms with E-state index in [1.807, 2.05) is 0 Å².